The Morgan fingerprint density at radius 1 is 1.22 bits per heavy atom. The number of nitrogens with zero attached hydrogens (tertiary/aromatic N) is 2. The fraction of sp³-hybridized carbons (Fsp3) is 0.400. The third-order valence-electron chi connectivity index (χ3n) is 4.96. The van der Waals surface area contributed by atoms with Gasteiger partial charge in [0.15, 0.2) is 6.61 Å². The number of carbonyl (C=O) groups excluding carboxylic acids is 3. The molecule has 1 saturated carbocycles. The Kier molecular flexibility index (Phi) is 6.15. The van der Waals surface area contributed by atoms with E-state index in [1.807, 2.05) is 5.38 Å². The van der Waals surface area contributed by atoms with Gasteiger partial charge in [0.1, 0.15) is 10.8 Å². The maximum absolute atomic E-state index is 12.4. The lowest BCUT2D eigenvalue weighted by atomic mass is 10.1. The molecule has 1 fully saturated rings. The lowest BCUT2D eigenvalue weighted by Crippen LogP contribution is -2.37. The van der Waals surface area contributed by atoms with Gasteiger partial charge in [0.2, 0.25) is 0 Å². The van der Waals surface area contributed by atoms with Crippen LogP contribution in [0.3, 0.4) is 0 Å². The van der Waals surface area contributed by atoms with E-state index in [0.717, 1.165) is 18.4 Å². The molecule has 12 heteroatoms. The van der Waals surface area contributed by atoms with Crippen LogP contribution in [0.5, 0.6) is 0 Å². The number of sulfonamides is 1. The van der Waals surface area contributed by atoms with Crippen molar-refractivity contribution in [2.45, 2.75) is 25.7 Å². The summed E-state index contributed by atoms with van der Waals surface area (Å²) in [5.41, 5.74) is 1.40. The third kappa shape index (κ3) is 4.91. The van der Waals surface area contributed by atoms with Gasteiger partial charge in [-0.15, -0.1) is 15.7 Å². The van der Waals surface area contributed by atoms with Crippen LogP contribution < -0.4 is 5.32 Å². The van der Waals surface area contributed by atoms with Gasteiger partial charge in [-0.3, -0.25) is 4.79 Å². The van der Waals surface area contributed by atoms with Crippen LogP contribution in [-0.2, 0) is 29.1 Å². The zero-order chi connectivity index (χ0) is 22.9. The number of amidine groups is 1. The molecule has 1 N–H and O–H groups in total. The normalized spacial score (nSPS) is 18.8. The molecule has 3 heterocycles. The number of nitrogens with one attached hydrogen (secondary N) is 1. The molecule has 0 bridgehead atoms. The first-order valence-corrected chi connectivity index (χ1v) is 12.5. The van der Waals surface area contributed by atoms with Crippen LogP contribution in [0.25, 0.3) is 0 Å². The fourth-order valence-corrected chi connectivity index (χ4v) is 5.29. The summed E-state index contributed by atoms with van der Waals surface area (Å²) in [5, 5.41) is 4.86. The molecule has 1 aromatic heterocycles. The second-order valence-corrected chi connectivity index (χ2v) is 10.00. The number of anilines is 1. The van der Waals surface area contributed by atoms with Crippen LogP contribution >= 0.6 is 11.3 Å². The SMILES string of the molecule is CCOC(=O)c1c(C2CC2)csc1NC(=O)COC(=O)C1=CN2CCS(=O)(=O)N=C2C=C1. The average Bonchev–Trinajstić information content (AvgIpc) is 3.51. The predicted molar refractivity (Wildman–Crippen MR) is 117 cm³/mol. The van der Waals surface area contributed by atoms with E-state index < -0.39 is 34.5 Å². The first-order valence-electron chi connectivity index (χ1n) is 10.0. The molecule has 0 atom stereocenters. The molecule has 0 saturated heterocycles. The van der Waals surface area contributed by atoms with E-state index in [1.165, 1.54) is 34.6 Å². The zero-order valence-corrected chi connectivity index (χ0v) is 18.8. The van der Waals surface area contributed by atoms with Gasteiger partial charge in [0.25, 0.3) is 15.9 Å². The standard InChI is InChI=1S/C20H21N3O7S2/c1-2-29-20(26)17-14(12-3-4-12)11-31-18(17)21-16(24)10-30-19(25)13-5-6-15-22-32(27,28)8-7-23(15)9-13/h5-6,9,11-12H,2-4,7-8,10H2,1H3,(H,21,24). The van der Waals surface area contributed by atoms with Crippen LogP contribution in [0, 0.1) is 0 Å². The number of carbonyl (C=O) groups is 3. The lowest BCUT2D eigenvalue weighted by molar-refractivity contribution is -0.143. The molecule has 170 valence electrons. The molecule has 0 radical (unpaired) electrons. The lowest BCUT2D eigenvalue weighted by Gasteiger charge is -2.26. The zero-order valence-electron chi connectivity index (χ0n) is 17.2. The quantitative estimate of drug-likeness (QED) is 0.586. The van der Waals surface area contributed by atoms with Crippen molar-refractivity contribution in [3.05, 3.63) is 40.4 Å². The van der Waals surface area contributed by atoms with Crippen LogP contribution in [0.2, 0.25) is 0 Å². The number of hydrogen-bond acceptors (Lipinski definition) is 9. The summed E-state index contributed by atoms with van der Waals surface area (Å²) < 4.78 is 37.0. The van der Waals surface area contributed by atoms with Gasteiger partial charge < -0.3 is 19.7 Å². The van der Waals surface area contributed by atoms with E-state index >= 15 is 0 Å². The highest BCUT2D eigenvalue weighted by atomic mass is 32.2. The van der Waals surface area contributed by atoms with E-state index in [-0.39, 0.29) is 30.3 Å². The van der Waals surface area contributed by atoms with E-state index in [9.17, 15) is 22.8 Å². The van der Waals surface area contributed by atoms with E-state index in [4.69, 9.17) is 9.47 Å². The van der Waals surface area contributed by atoms with Crippen molar-refractivity contribution in [2.75, 3.05) is 30.8 Å². The summed E-state index contributed by atoms with van der Waals surface area (Å²) in [7, 11) is -3.49. The van der Waals surface area contributed by atoms with Gasteiger partial charge >= 0.3 is 11.9 Å². The Balaban J connectivity index is 1.37. The molecule has 2 aliphatic heterocycles. The van der Waals surface area contributed by atoms with Crippen molar-refractivity contribution in [1.82, 2.24) is 4.90 Å². The third-order valence-corrected chi connectivity index (χ3v) is 7.04. The number of fused-ring (bicyclic) bond motifs is 1. The monoisotopic (exact) mass is 479 g/mol. The second kappa shape index (κ2) is 8.87. The van der Waals surface area contributed by atoms with E-state index in [2.05, 4.69) is 9.71 Å². The van der Waals surface area contributed by atoms with Gasteiger partial charge in [-0.2, -0.15) is 0 Å². The maximum Gasteiger partial charge on any atom is 0.341 e. The summed E-state index contributed by atoms with van der Waals surface area (Å²) >= 11 is 1.24. The van der Waals surface area contributed by atoms with E-state index in [0.29, 0.717) is 16.5 Å². The first kappa shape index (κ1) is 22.2. The van der Waals surface area contributed by atoms with Crippen LogP contribution in [0.15, 0.2) is 33.7 Å². The van der Waals surface area contributed by atoms with Crippen LogP contribution in [0.1, 0.15) is 41.6 Å². The predicted octanol–water partition coefficient (Wildman–Crippen LogP) is 1.78. The van der Waals surface area contributed by atoms with Gasteiger partial charge in [0.05, 0.1) is 23.5 Å². The summed E-state index contributed by atoms with van der Waals surface area (Å²) in [6, 6.07) is 0. The topological polar surface area (TPSA) is 131 Å². The van der Waals surface area contributed by atoms with Gasteiger partial charge in [-0.25, -0.2) is 18.0 Å². The highest BCUT2D eigenvalue weighted by Gasteiger charge is 2.32. The number of hydrogen-bond donors (Lipinski definition) is 1. The number of thiophene rings is 1. The molecular formula is C20H21N3O7S2. The summed E-state index contributed by atoms with van der Waals surface area (Å²) in [6.45, 7) is 1.56. The Labute approximate surface area is 188 Å². The van der Waals surface area contributed by atoms with Crippen molar-refractivity contribution in [3.8, 4) is 0 Å². The summed E-state index contributed by atoms with van der Waals surface area (Å²) in [6.07, 6.45) is 6.21. The number of amides is 1. The summed E-state index contributed by atoms with van der Waals surface area (Å²) in [5.74, 6) is -1.43. The Morgan fingerprint density at radius 3 is 2.72 bits per heavy atom. The molecule has 1 aliphatic carbocycles. The molecule has 0 aromatic carbocycles. The highest BCUT2D eigenvalue weighted by Crippen LogP contribution is 2.46. The smallest absolute Gasteiger partial charge is 0.341 e. The molecular weight excluding hydrogens is 458 g/mol. The molecule has 1 amide bonds. The largest absolute Gasteiger partial charge is 0.462 e. The van der Waals surface area contributed by atoms with Crippen molar-refractivity contribution in [2.24, 2.45) is 4.40 Å². The second-order valence-electron chi connectivity index (χ2n) is 7.36. The first-order chi connectivity index (χ1) is 15.3. The van der Waals surface area contributed by atoms with Gasteiger partial charge in [-0.05, 0) is 48.8 Å². The van der Waals surface area contributed by atoms with Crippen molar-refractivity contribution in [1.29, 1.82) is 0 Å². The molecule has 32 heavy (non-hydrogen) atoms. The molecule has 0 unspecified atom stereocenters. The maximum atomic E-state index is 12.4. The molecule has 0 spiro atoms. The Hall–Kier alpha value is -2.99. The van der Waals surface area contributed by atoms with Crippen molar-refractivity contribution >= 4 is 50.0 Å². The molecule has 4 rings (SSSR count). The average molecular weight is 480 g/mol. The number of esters is 2. The molecule has 1 aromatic rings. The minimum Gasteiger partial charge on any atom is -0.462 e. The van der Waals surface area contributed by atoms with Crippen LogP contribution in [0.4, 0.5) is 5.00 Å². The van der Waals surface area contributed by atoms with Crippen molar-refractivity contribution in [3.63, 3.8) is 0 Å². The van der Waals surface area contributed by atoms with E-state index in [1.54, 1.807) is 6.92 Å². The highest BCUT2D eigenvalue weighted by molar-refractivity contribution is 7.90. The minimum absolute atomic E-state index is 0.155. The Bertz CT molecular complexity index is 1160. The number of rotatable bonds is 7. The number of ether oxygens (including phenoxy) is 2. The minimum atomic E-state index is -3.49. The van der Waals surface area contributed by atoms with Gasteiger partial charge in [0, 0.05) is 12.7 Å². The Morgan fingerprint density at radius 2 is 2.00 bits per heavy atom. The van der Waals surface area contributed by atoms with Crippen molar-refractivity contribution < 1.29 is 32.3 Å². The molecule has 10 nitrogen and oxygen atoms in total. The fourth-order valence-electron chi connectivity index (χ4n) is 3.27. The summed E-state index contributed by atoms with van der Waals surface area (Å²) in [4.78, 5) is 38.6. The molecule has 3 aliphatic rings. The van der Waals surface area contributed by atoms with Crippen LogP contribution in [-0.4, -0.2) is 62.5 Å². The van der Waals surface area contributed by atoms with Gasteiger partial charge in [-0.1, -0.05) is 0 Å².